The fourth-order valence-corrected chi connectivity index (χ4v) is 2.50. The van der Waals surface area contributed by atoms with Gasteiger partial charge in [-0.05, 0) is 42.9 Å². The van der Waals surface area contributed by atoms with E-state index in [1.54, 1.807) is 24.5 Å². The molecule has 138 valence electrons. The lowest BCUT2D eigenvalue weighted by Gasteiger charge is -2.09. The number of hydrogen-bond acceptors (Lipinski definition) is 5. The van der Waals surface area contributed by atoms with Gasteiger partial charge in [-0.15, -0.1) is 0 Å². The molecular weight excluding hydrogens is 352 g/mol. The number of unbranched alkanes of at least 4 members (excludes halogenated alkanes) is 3. The zero-order valence-corrected chi connectivity index (χ0v) is 15.4. The fourth-order valence-electron chi connectivity index (χ4n) is 2.28. The Morgan fingerprint density at radius 1 is 1.23 bits per heavy atom. The van der Waals surface area contributed by atoms with Crippen LogP contribution in [0.5, 0.6) is 0 Å². The van der Waals surface area contributed by atoms with Crippen molar-refractivity contribution in [2.45, 2.75) is 32.6 Å². The molecule has 2 bridgehead atoms. The highest BCUT2D eigenvalue weighted by Gasteiger charge is 2.15. The van der Waals surface area contributed by atoms with Crippen LogP contribution in [-0.2, 0) is 0 Å². The van der Waals surface area contributed by atoms with E-state index in [1.165, 1.54) is 31.7 Å². The number of nitro groups is 1. The van der Waals surface area contributed by atoms with Crippen LogP contribution in [-0.4, -0.2) is 21.6 Å². The number of nitro benzene ring substituents is 1. The second-order valence-corrected chi connectivity index (χ2v) is 6.07. The number of hydrogen-bond donors (Lipinski definition) is 2. The molecule has 0 fully saturated rings. The number of fused-ring (bicyclic) bond motifs is 2. The molecule has 8 heteroatoms. The zero-order chi connectivity index (χ0) is 18.8. The van der Waals surface area contributed by atoms with Gasteiger partial charge in [-0.25, -0.2) is 0 Å². The molecule has 2 N–H and O–H groups in total. The molecule has 0 aliphatic rings. The molecule has 3 aromatic heterocycles. The Labute approximate surface area is 157 Å². The Kier molecular flexibility index (Phi) is 7.75. The Bertz CT molecular complexity index is 807. The molecule has 3 heterocycles. The Balaban J connectivity index is 0.000000206. The maximum Gasteiger partial charge on any atom is 0.315 e. The van der Waals surface area contributed by atoms with E-state index in [9.17, 15) is 10.1 Å². The highest BCUT2D eigenvalue weighted by Crippen LogP contribution is 2.27. The molecular formula is C18H22N4O3S. The second-order valence-electron chi connectivity index (χ2n) is 5.67. The van der Waals surface area contributed by atoms with Crippen LogP contribution in [0.2, 0.25) is 0 Å². The van der Waals surface area contributed by atoms with E-state index in [4.69, 9.17) is 16.6 Å². The van der Waals surface area contributed by atoms with E-state index in [0.29, 0.717) is 16.3 Å². The normalized spacial score (nSPS) is 10.2. The van der Waals surface area contributed by atoms with Gasteiger partial charge >= 0.3 is 5.69 Å². The minimum Gasteiger partial charge on any atom is -0.450 e. The topological polar surface area (TPSA) is 93.2 Å². The van der Waals surface area contributed by atoms with Crippen LogP contribution in [0.15, 0.2) is 47.1 Å². The first-order valence-corrected chi connectivity index (χ1v) is 8.92. The summed E-state index contributed by atoms with van der Waals surface area (Å²) in [6.45, 7) is 3.15. The molecule has 0 aliphatic heterocycles. The molecule has 0 unspecified atom stereocenters. The first-order valence-electron chi connectivity index (χ1n) is 8.51. The Hall–Kier alpha value is -2.74. The van der Waals surface area contributed by atoms with E-state index < -0.39 is 4.92 Å². The van der Waals surface area contributed by atoms with E-state index in [2.05, 4.69) is 22.5 Å². The lowest BCUT2D eigenvalue weighted by Crippen LogP contribution is -2.29. The SMILES string of the molecule is CCCCCCNC(=S)Nc1ccncc1.O=[N+]([O-])c1cc2ccc1o2. The van der Waals surface area contributed by atoms with Crippen LogP contribution >= 0.6 is 12.2 Å². The van der Waals surface area contributed by atoms with Crippen molar-refractivity contribution in [1.82, 2.24) is 10.3 Å². The Morgan fingerprint density at radius 3 is 2.54 bits per heavy atom. The van der Waals surface area contributed by atoms with Gasteiger partial charge in [0.25, 0.3) is 0 Å². The van der Waals surface area contributed by atoms with Gasteiger partial charge in [0.2, 0.25) is 5.58 Å². The number of benzene rings is 1. The smallest absolute Gasteiger partial charge is 0.315 e. The van der Waals surface area contributed by atoms with Crippen LogP contribution in [0.1, 0.15) is 32.6 Å². The average molecular weight is 374 g/mol. The van der Waals surface area contributed by atoms with Gasteiger partial charge in [0, 0.05) is 24.6 Å². The summed E-state index contributed by atoms with van der Waals surface area (Å²) in [6.07, 6.45) is 8.48. The second kappa shape index (κ2) is 10.3. The molecule has 3 rings (SSSR count). The lowest BCUT2D eigenvalue weighted by atomic mass is 10.2. The minimum atomic E-state index is -0.453. The van der Waals surface area contributed by atoms with E-state index in [1.807, 2.05) is 12.1 Å². The number of nitrogens with one attached hydrogen (secondary N) is 2. The maximum atomic E-state index is 10.2. The molecule has 0 spiro atoms. The third kappa shape index (κ3) is 6.29. The first-order chi connectivity index (χ1) is 12.6. The van der Waals surface area contributed by atoms with Gasteiger partial charge in [-0.1, -0.05) is 26.2 Å². The molecule has 26 heavy (non-hydrogen) atoms. The molecule has 7 nitrogen and oxygen atoms in total. The average Bonchev–Trinajstić information content (AvgIpc) is 3.26. The quantitative estimate of drug-likeness (QED) is 0.267. The van der Waals surface area contributed by atoms with Crippen LogP contribution < -0.4 is 10.6 Å². The number of pyridine rings is 1. The summed E-state index contributed by atoms with van der Waals surface area (Å²) >= 11 is 5.17. The van der Waals surface area contributed by atoms with Crippen LogP contribution in [0.25, 0.3) is 11.2 Å². The van der Waals surface area contributed by atoms with Crippen LogP contribution in [0.3, 0.4) is 0 Å². The summed E-state index contributed by atoms with van der Waals surface area (Å²) in [5.74, 6) is 0. The number of rotatable bonds is 7. The number of anilines is 1. The zero-order valence-electron chi connectivity index (χ0n) is 14.6. The van der Waals surface area contributed by atoms with Crippen molar-refractivity contribution in [1.29, 1.82) is 0 Å². The van der Waals surface area contributed by atoms with E-state index in [0.717, 1.165) is 12.2 Å². The first kappa shape index (κ1) is 19.6. The van der Waals surface area contributed by atoms with E-state index in [-0.39, 0.29) is 5.69 Å². The number of thiocarbonyl (C=S) groups is 1. The van der Waals surface area contributed by atoms with Gasteiger partial charge in [-0.2, -0.15) is 0 Å². The molecule has 0 amide bonds. The largest absolute Gasteiger partial charge is 0.450 e. The van der Waals surface area contributed by atoms with Gasteiger partial charge in [0.05, 0.1) is 11.0 Å². The minimum absolute atomic E-state index is 0.0532. The summed E-state index contributed by atoms with van der Waals surface area (Å²) in [5.41, 5.74) is 1.93. The number of aromatic nitrogens is 1. The van der Waals surface area contributed by atoms with Crippen LogP contribution in [0.4, 0.5) is 11.4 Å². The molecule has 3 aromatic rings. The van der Waals surface area contributed by atoms with E-state index >= 15 is 0 Å². The van der Waals surface area contributed by atoms with Crippen molar-refractivity contribution in [3.63, 3.8) is 0 Å². The highest BCUT2D eigenvalue weighted by atomic mass is 32.1. The van der Waals surface area contributed by atoms with Crippen molar-refractivity contribution >= 4 is 39.9 Å². The summed E-state index contributed by atoms with van der Waals surface area (Å²) < 4.78 is 4.93. The lowest BCUT2D eigenvalue weighted by molar-refractivity contribution is -0.383. The molecule has 0 radical (unpaired) electrons. The summed E-state index contributed by atoms with van der Waals surface area (Å²) in [5, 5.41) is 17.2. The van der Waals surface area contributed by atoms with Crippen LogP contribution in [0, 0.1) is 10.1 Å². The number of furan rings is 2. The molecule has 0 saturated carbocycles. The third-order valence-electron chi connectivity index (χ3n) is 3.61. The Morgan fingerprint density at radius 2 is 2.00 bits per heavy atom. The molecule has 0 aromatic carbocycles. The molecule has 0 saturated heterocycles. The monoisotopic (exact) mass is 374 g/mol. The van der Waals surface area contributed by atoms with Gasteiger partial charge in [-0.3, -0.25) is 15.1 Å². The van der Waals surface area contributed by atoms with Crippen molar-refractivity contribution in [2.24, 2.45) is 0 Å². The molecule has 0 aliphatic carbocycles. The summed E-state index contributed by atoms with van der Waals surface area (Å²) in [6, 6.07) is 8.49. The number of non-ortho nitro benzene ring substituents is 1. The van der Waals surface area contributed by atoms with Gasteiger partial charge in [0.1, 0.15) is 5.58 Å². The highest BCUT2D eigenvalue weighted by molar-refractivity contribution is 7.80. The predicted octanol–water partition coefficient (Wildman–Crippen LogP) is 4.73. The molecule has 0 atom stereocenters. The van der Waals surface area contributed by atoms with Crippen molar-refractivity contribution in [3.8, 4) is 0 Å². The predicted molar refractivity (Wildman–Crippen MR) is 107 cm³/mol. The number of nitrogens with zero attached hydrogens (tertiary/aromatic N) is 2. The summed E-state index contributed by atoms with van der Waals surface area (Å²) in [7, 11) is 0. The van der Waals surface area contributed by atoms with Gasteiger partial charge < -0.3 is 15.1 Å². The van der Waals surface area contributed by atoms with Gasteiger partial charge in [0.15, 0.2) is 5.11 Å². The van der Waals surface area contributed by atoms with Crippen molar-refractivity contribution < 1.29 is 9.34 Å². The third-order valence-corrected chi connectivity index (χ3v) is 3.86. The standard InChI is InChI=1S/C12H19N3S.C6H3NO3/c1-2-3-4-5-8-14-12(16)15-11-6-9-13-10-7-11;8-7(9)5-3-4-1-2-6(5)10-4/h6-7,9-10H,2-5,8H2,1H3,(H2,13,14,15,16);1-3H. The fraction of sp³-hybridized carbons (Fsp3) is 0.333. The maximum absolute atomic E-state index is 10.2. The van der Waals surface area contributed by atoms with Crippen molar-refractivity contribution in [3.05, 3.63) is 52.8 Å². The van der Waals surface area contributed by atoms with Crippen molar-refractivity contribution in [2.75, 3.05) is 11.9 Å². The summed E-state index contributed by atoms with van der Waals surface area (Å²) in [4.78, 5) is 13.7.